The van der Waals surface area contributed by atoms with Gasteiger partial charge in [-0.25, -0.2) is 9.97 Å². The number of hydrogen-bond acceptors (Lipinski definition) is 5. The molecule has 2 aromatic heterocycles. The number of carbonyl (C=O) groups is 1. The second kappa shape index (κ2) is 7.16. The van der Waals surface area contributed by atoms with Gasteiger partial charge in [0.15, 0.2) is 5.13 Å². The van der Waals surface area contributed by atoms with Crippen molar-refractivity contribution in [3.63, 3.8) is 0 Å². The van der Waals surface area contributed by atoms with E-state index in [2.05, 4.69) is 21.4 Å². The highest BCUT2D eigenvalue weighted by molar-refractivity contribution is 7.14. The predicted molar refractivity (Wildman–Crippen MR) is 107 cm³/mol. The third-order valence-electron chi connectivity index (χ3n) is 3.96. The number of thiazole rings is 1. The number of hydrogen-bond donors (Lipinski definition) is 1. The summed E-state index contributed by atoms with van der Waals surface area (Å²) < 4.78 is 0. The van der Waals surface area contributed by atoms with Gasteiger partial charge in [-0.05, 0) is 24.3 Å². The standard InChI is InChI=1S/C20H11ClN4OS/c21-18-9-15(14-3-1-2-4-16(14)23-18)19(26)25-20-24-17(11-27-20)13-7-5-12(10-22)6-8-13/h1-9,11H,(H,24,25,26). The quantitative estimate of drug-likeness (QED) is 0.491. The summed E-state index contributed by atoms with van der Waals surface area (Å²) in [6, 6.07) is 18.1. The number of pyridine rings is 1. The van der Waals surface area contributed by atoms with Crippen LogP contribution in [0.15, 0.2) is 60.0 Å². The molecular formula is C20H11ClN4OS. The number of nitriles is 1. The Morgan fingerprint density at radius 3 is 2.67 bits per heavy atom. The summed E-state index contributed by atoms with van der Waals surface area (Å²) in [5, 5.41) is 15.0. The van der Waals surface area contributed by atoms with Gasteiger partial charge in [-0.15, -0.1) is 11.3 Å². The molecule has 130 valence electrons. The number of para-hydroxylation sites is 1. The molecule has 0 aliphatic heterocycles. The molecular weight excluding hydrogens is 380 g/mol. The molecule has 0 saturated carbocycles. The van der Waals surface area contributed by atoms with E-state index in [1.165, 1.54) is 11.3 Å². The minimum atomic E-state index is -0.295. The lowest BCUT2D eigenvalue weighted by Crippen LogP contribution is -2.12. The molecule has 1 amide bonds. The molecule has 7 heteroatoms. The van der Waals surface area contributed by atoms with Crippen molar-refractivity contribution in [2.75, 3.05) is 5.32 Å². The number of aromatic nitrogens is 2. The Balaban J connectivity index is 1.61. The maximum absolute atomic E-state index is 12.7. The number of rotatable bonds is 3. The van der Waals surface area contributed by atoms with E-state index in [4.69, 9.17) is 16.9 Å². The number of benzene rings is 2. The van der Waals surface area contributed by atoms with Crippen LogP contribution in [0.25, 0.3) is 22.2 Å². The third kappa shape index (κ3) is 3.51. The summed E-state index contributed by atoms with van der Waals surface area (Å²) in [6.45, 7) is 0. The van der Waals surface area contributed by atoms with Gasteiger partial charge in [0.25, 0.3) is 5.91 Å². The molecule has 5 nitrogen and oxygen atoms in total. The van der Waals surface area contributed by atoms with Crippen LogP contribution in [0.5, 0.6) is 0 Å². The fraction of sp³-hybridized carbons (Fsp3) is 0. The molecule has 2 heterocycles. The Labute approximate surface area is 163 Å². The van der Waals surface area contributed by atoms with Crippen LogP contribution >= 0.6 is 22.9 Å². The Kier molecular flexibility index (Phi) is 4.55. The highest BCUT2D eigenvalue weighted by Crippen LogP contribution is 2.27. The van der Waals surface area contributed by atoms with E-state index in [1.54, 1.807) is 18.2 Å². The summed E-state index contributed by atoms with van der Waals surface area (Å²) in [5.74, 6) is -0.295. The summed E-state index contributed by atoms with van der Waals surface area (Å²) in [7, 11) is 0. The molecule has 0 radical (unpaired) electrons. The number of amides is 1. The molecule has 0 spiro atoms. The Bertz CT molecular complexity index is 1190. The average Bonchev–Trinajstić information content (AvgIpc) is 3.15. The van der Waals surface area contributed by atoms with Crippen LogP contribution < -0.4 is 5.32 Å². The number of halogens is 1. The van der Waals surface area contributed by atoms with Crippen molar-refractivity contribution in [1.29, 1.82) is 5.26 Å². The molecule has 2 aromatic carbocycles. The normalized spacial score (nSPS) is 10.5. The number of fused-ring (bicyclic) bond motifs is 1. The van der Waals surface area contributed by atoms with Crippen molar-refractivity contribution < 1.29 is 4.79 Å². The fourth-order valence-electron chi connectivity index (χ4n) is 2.67. The van der Waals surface area contributed by atoms with Crippen molar-refractivity contribution in [2.45, 2.75) is 0 Å². The molecule has 0 saturated heterocycles. The van der Waals surface area contributed by atoms with E-state index in [0.29, 0.717) is 21.8 Å². The van der Waals surface area contributed by atoms with Crippen LogP contribution in [0, 0.1) is 11.3 Å². The van der Waals surface area contributed by atoms with Crippen molar-refractivity contribution in [1.82, 2.24) is 9.97 Å². The molecule has 4 rings (SSSR count). The number of nitrogens with one attached hydrogen (secondary N) is 1. The van der Waals surface area contributed by atoms with Crippen molar-refractivity contribution in [3.05, 3.63) is 76.3 Å². The molecule has 1 N–H and O–H groups in total. The van der Waals surface area contributed by atoms with Gasteiger partial charge < -0.3 is 0 Å². The second-order valence-electron chi connectivity index (χ2n) is 5.69. The summed E-state index contributed by atoms with van der Waals surface area (Å²) in [4.78, 5) is 21.4. The van der Waals surface area contributed by atoms with Crippen LogP contribution in [-0.2, 0) is 0 Å². The maximum Gasteiger partial charge on any atom is 0.258 e. The van der Waals surface area contributed by atoms with Gasteiger partial charge in [-0.2, -0.15) is 5.26 Å². The smallest absolute Gasteiger partial charge is 0.258 e. The van der Waals surface area contributed by atoms with E-state index in [0.717, 1.165) is 16.6 Å². The first kappa shape index (κ1) is 17.2. The zero-order valence-electron chi connectivity index (χ0n) is 13.8. The van der Waals surface area contributed by atoms with E-state index in [-0.39, 0.29) is 11.1 Å². The maximum atomic E-state index is 12.7. The van der Waals surface area contributed by atoms with Gasteiger partial charge in [0, 0.05) is 16.3 Å². The van der Waals surface area contributed by atoms with Gasteiger partial charge in [-0.3, -0.25) is 10.1 Å². The Morgan fingerprint density at radius 2 is 1.89 bits per heavy atom. The topological polar surface area (TPSA) is 78.7 Å². The molecule has 0 aliphatic carbocycles. The molecule has 0 bridgehead atoms. The van der Waals surface area contributed by atoms with Crippen LogP contribution in [0.3, 0.4) is 0 Å². The van der Waals surface area contributed by atoms with Crippen LogP contribution in [-0.4, -0.2) is 15.9 Å². The van der Waals surface area contributed by atoms with E-state index in [1.807, 2.05) is 41.8 Å². The van der Waals surface area contributed by atoms with Gasteiger partial charge >= 0.3 is 0 Å². The summed E-state index contributed by atoms with van der Waals surface area (Å²) in [5.41, 5.74) is 3.30. The first-order chi connectivity index (χ1) is 13.1. The molecule has 0 fully saturated rings. The van der Waals surface area contributed by atoms with E-state index in [9.17, 15) is 4.79 Å². The van der Waals surface area contributed by atoms with Gasteiger partial charge in [0.2, 0.25) is 0 Å². The predicted octanol–water partition coefficient (Wildman–Crippen LogP) is 5.14. The Hall–Kier alpha value is -3.27. The zero-order valence-corrected chi connectivity index (χ0v) is 15.4. The average molecular weight is 391 g/mol. The molecule has 4 aromatic rings. The van der Waals surface area contributed by atoms with Gasteiger partial charge in [0.05, 0.1) is 28.4 Å². The van der Waals surface area contributed by atoms with Crippen molar-refractivity contribution >= 4 is 44.9 Å². The lowest BCUT2D eigenvalue weighted by molar-refractivity contribution is 0.102. The highest BCUT2D eigenvalue weighted by Gasteiger charge is 2.14. The summed E-state index contributed by atoms with van der Waals surface area (Å²) >= 11 is 7.38. The second-order valence-corrected chi connectivity index (χ2v) is 6.94. The minimum Gasteiger partial charge on any atom is -0.298 e. The van der Waals surface area contributed by atoms with E-state index < -0.39 is 0 Å². The van der Waals surface area contributed by atoms with Crippen LogP contribution in [0.1, 0.15) is 15.9 Å². The lowest BCUT2D eigenvalue weighted by atomic mass is 10.1. The van der Waals surface area contributed by atoms with Gasteiger partial charge in [-0.1, -0.05) is 41.9 Å². The number of nitrogens with zero attached hydrogens (tertiary/aromatic N) is 3. The first-order valence-electron chi connectivity index (χ1n) is 7.97. The van der Waals surface area contributed by atoms with Crippen molar-refractivity contribution in [2.24, 2.45) is 0 Å². The molecule has 27 heavy (non-hydrogen) atoms. The minimum absolute atomic E-state index is 0.260. The SMILES string of the molecule is N#Cc1ccc(-c2csc(NC(=O)c3cc(Cl)nc4ccccc34)n2)cc1. The third-order valence-corrected chi connectivity index (χ3v) is 4.92. The first-order valence-corrected chi connectivity index (χ1v) is 9.22. The number of anilines is 1. The molecule has 0 aliphatic rings. The highest BCUT2D eigenvalue weighted by atomic mass is 35.5. The monoisotopic (exact) mass is 390 g/mol. The van der Waals surface area contributed by atoms with Crippen LogP contribution in [0.4, 0.5) is 5.13 Å². The molecule has 0 atom stereocenters. The summed E-state index contributed by atoms with van der Waals surface area (Å²) in [6.07, 6.45) is 0. The number of carbonyl (C=O) groups excluding carboxylic acids is 1. The lowest BCUT2D eigenvalue weighted by Gasteiger charge is -2.06. The molecule has 0 unspecified atom stereocenters. The zero-order chi connectivity index (χ0) is 18.8. The van der Waals surface area contributed by atoms with Gasteiger partial charge in [0.1, 0.15) is 5.15 Å². The fourth-order valence-corrected chi connectivity index (χ4v) is 3.59. The largest absolute Gasteiger partial charge is 0.298 e. The Morgan fingerprint density at radius 1 is 1.11 bits per heavy atom. The van der Waals surface area contributed by atoms with Crippen LogP contribution in [0.2, 0.25) is 5.15 Å². The van der Waals surface area contributed by atoms with Crippen molar-refractivity contribution in [3.8, 4) is 17.3 Å². The van der Waals surface area contributed by atoms with E-state index >= 15 is 0 Å².